The van der Waals surface area contributed by atoms with Gasteiger partial charge in [-0.3, -0.25) is 0 Å². The van der Waals surface area contributed by atoms with Crippen molar-refractivity contribution in [3.8, 4) is 0 Å². The van der Waals surface area contributed by atoms with Crippen LogP contribution in [0.2, 0.25) is 0 Å². The predicted octanol–water partition coefficient (Wildman–Crippen LogP) is 4.26. The second kappa shape index (κ2) is 8.81. The Labute approximate surface area is 161 Å². The average Bonchev–Trinajstić information content (AvgIpc) is 2.98. The third kappa shape index (κ3) is 5.05. The third-order valence-corrected chi connectivity index (χ3v) is 4.77. The molecule has 1 saturated heterocycles. The van der Waals surface area contributed by atoms with Crippen molar-refractivity contribution >= 4 is 0 Å². The molecular formula is C23H28O4. The van der Waals surface area contributed by atoms with Crippen LogP contribution >= 0.6 is 0 Å². The SMILES string of the molecule is C=CC(C(O)c1ccccc1)[C@@H]1OC(C)(C)O[C@H]1COCc1ccccc1. The molecule has 3 rings (SSSR count). The number of aliphatic hydroxyl groups excluding tert-OH is 1. The van der Waals surface area contributed by atoms with Crippen LogP contribution in [0.15, 0.2) is 73.3 Å². The van der Waals surface area contributed by atoms with Crippen LogP contribution in [-0.2, 0) is 20.8 Å². The van der Waals surface area contributed by atoms with Gasteiger partial charge in [-0.25, -0.2) is 0 Å². The lowest BCUT2D eigenvalue weighted by molar-refractivity contribution is -0.155. The van der Waals surface area contributed by atoms with Gasteiger partial charge in [0.25, 0.3) is 0 Å². The largest absolute Gasteiger partial charge is 0.388 e. The van der Waals surface area contributed by atoms with E-state index in [9.17, 15) is 5.11 Å². The van der Waals surface area contributed by atoms with E-state index in [-0.39, 0.29) is 18.1 Å². The summed E-state index contributed by atoms with van der Waals surface area (Å²) in [7, 11) is 0. The van der Waals surface area contributed by atoms with E-state index in [0.29, 0.717) is 13.2 Å². The molecule has 1 fully saturated rings. The molecule has 0 aromatic heterocycles. The van der Waals surface area contributed by atoms with E-state index in [1.54, 1.807) is 6.08 Å². The molecule has 0 saturated carbocycles. The summed E-state index contributed by atoms with van der Waals surface area (Å²) < 4.78 is 18.1. The predicted molar refractivity (Wildman–Crippen MR) is 105 cm³/mol. The first-order chi connectivity index (χ1) is 13.0. The first kappa shape index (κ1) is 19.8. The fourth-order valence-electron chi connectivity index (χ4n) is 3.50. The van der Waals surface area contributed by atoms with Gasteiger partial charge >= 0.3 is 0 Å². The van der Waals surface area contributed by atoms with Crippen LogP contribution in [0.5, 0.6) is 0 Å². The summed E-state index contributed by atoms with van der Waals surface area (Å²) in [6, 6.07) is 19.6. The monoisotopic (exact) mass is 368 g/mol. The zero-order valence-electron chi connectivity index (χ0n) is 16.0. The maximum absolute atomic E-state index is 10.9. The fraction of sp³-hybridized carbons (Fsp3) is 0.391. The van der Waals surface area contributed by atoms with Gasteiger partial charge < -0.3 is 19.3 Å². The number of hydrogen-bond acceptors (Lipinski definition) is 4. The normalized spacial score (nSPS) is 23.7. The van der Waals surface area contributed by atoms with Crippen molar-refractivity contribution in [2.24, 2.45) is 5.92 Å². The van der Waals surface area contributed by atoms with Gasteiger partial charge in [0.15, 0.2) is 5.79 Å². The molecule has 4 nitrogen and oxygen atoms in total. The van der Waals surface area contributed by atoms with Crippen molar-refractivity contribution in [2.75, 3.05) is 6.61 Å². The average molecular weight is 368 g/mol. The van der Waals surface area contributed by atoms with E-state index in [1.165, 1.54) is 0 Å². The van der Waals surface area contributed by atoms with Gasteiger partial charge in [-0.15, -0.1) is 6.58 Å². The van der Waals surface area contributed by atoms with Gasteiger partial charge in [0.1, 0.15) is 6.10 Å². The van der Waals surface area contributed by atoms with E-state index in [1.807, 2.05) is 74.5 Å². The van der Waals surface area contributed by atoms with Crippen molar-refractivity contribution in [3.05, 3.63) is 84.4 Å². The highest BCUT2D eigenvalue weighted by molar-refractivity contribution is 5.20. The molecule has 2 aromatic carbocycles. The summed E-state index contributed by atoms with van der Waals surface area (Å²) >= 11 is 0. The second-order valence-electron chi connectivity index (χ2n) is 7.31. The molecule has 4 atom stereocenters. The Bertz CT molecular complexity index is 714. The highest BCUT2D eigenvalue weighted by Crippen LogP contribution is 2.38. The minimum Gasteiger partial charge on any atom is -0.388 e. The molecule has 0 bridgehead atoms. The summed E-state index contributed by atoms with van der Waals surface area (Å²) in [6.07, 6.45) is 0.397. The van der Waals surface area contributed by atoms with E-state index in [0.717, 1.165) is 11.1 Å². The van der Waals surface area contributed by atoms with E-state index >= 15 is 0 Å². The second-order valence-corrected chi connectivity index (χ2v) is 7.31. The summed E-state index contributed by atoms with van der Waals surface area (Å²) in [4.78, 5) is 0. The lowest BCUT2D eigenvalue weighted by atomic mass is 9.88. The summed E-state index contributed by atoms with van der Waals surface area (Å²) in [6.45, 7) is 8.58. The van der Waals surface area contributed by atoms with Gasteiger partial charge in [-0.1, -0.05) is 66.7 Å². The molecule has 0 spiro atoms. The third-order valence-electron chi connectivity index (χ3n) is 4.77. The molecule has 0 amide bonds. The van der Waals surface area contributed by atoms with Crippen LogP contribution in [0.4, 0.5) is 0 Å². The number of ether oxygens (including phenoxy) is 3. The van der Waals surface area contributed by atoms with Gasteiger partial charge in [-0.2, -0.15) is 0 Å². The summed E-state index contributed by atoms with van der Waals surface area (Å²) in [5.74, 6) is -1.04. The van der Waals surface area contributed by atoms with Gasteiger partial charge in [0.2, 0.25) is 0 Å². The Morgan fingerprint density at radius 2 is 1.70 bits per heavy atom. The maximum Gasteiger partial charge on any atom is 0.163 e. The highest BCUT2D eigenvalue weighted by Gasteiger charge is 2.46. The molecule has 1 aliphatic heterocycles. The smallest absolute Gasteiger partial charge is 0.163 e. The Kier molecular flexibility index (Phi) is 6.45. The minimum absolute atomic E-state index is 0.287. The quantitative estimate of drug-likeness (QED) is 0.708. The van der Waals surface area contributed by atoms with Crippen molar-refractivity contribution in [3.63, 3.8) is 0 Å². The minimum atomic E-state index is -0.733. The Hall–Kier alpha value is -1.98. The molecule has 27 heavy (non-hydrogen) atoms. The van der Waals surface area contributed by atoms with Gasteiger partial charge in [-0.05, 0) is 25.0 Å². The van der Waals surface area contributed by atoms with Crippen LogP contribution in [0, 0.1) is 5.92 Å². The molecule has 1 N–H and O–H groups in total. The van der Waals surface area contributed by atoms with Crippen LogP contribution in [0.3, 0.4) is 0 Å². The topological polar surface area (TPSA) is 47.9 Å². The standard InChI is InChI=1S/C23H28O4/c1-4-19(21(24)18-13-9-6-10-14-18)22-20(26-23(2,3)27-22)16-25-15-17-11-7-5-8-12-17/h4-14,19-22,24H,1,15-16H2,2-3H3/t19?,20-,21?,22-/m0/s1. The zero-order valence-corrected chi connectivity index (χ0v) is 16.0. The van der Waals surface area contributed by atoms with Crippen molar-refractivity contribution < 1.29 is 19.3 Å². The van der Waals surface area contributed by atoms with E-state index in [2.05, 4.69) is 6.58 Å². The van der Waals surface area contributed by atoms with E-state index in [4.69, 9.17) is 14.2 Å². The number of rotatable bonds is 8. The molecule has 144 valence electrons. The highest BCUT2D eigenvalue weighted by atomic mass is 16.8. The summed E-state index contributed by atoms with van der Waals surface area (Å²) in [5.41, 5.74) is 1.94. The number of benzene rings is 2. The van der Waals surface area contributed by atoms with Crippen molar-refractivity contribution in [2.45, 2.75) is 44.6 Å². The lowest BCUT2D eigenvalue weighted by Crippen LogP contribution is -2.36. The first-order valence-corrected chi connectivity index (χ1v) is 9.33. The number of hydrogen-bond donors (Lipinski definition) is 1. The molecule has 4 heteroatoms. The molecule has 1 aliphatic rings. The Morgan fingerprint density at radius 3 is 2.33 bits per heavy atom. The van der Waals surface area contributed by atoms with Crippen LogP contribution in [-0.4, -0.2) is 29.7 Å². The molecule has 1 heterocycles. The maximum atomic E-state index is 10.9. The molecule has 0 aliphatic carbocycles. The van der Waals surface area contributed by atoms with E-state index < -0.39 is 11.9 Å². The molecule has 0 radical (unpaired) electrons. The first-order valence-electron chi connectivity index (χ1n) is 9.33. The lowest BCUT2D eigenvalue weighted by Gasteiger charge is -2.28. The Balaban J connectivity index is 1.69. The summed E-state index contributed by atoms with van der Waals surface area (Å²) in [5, 5.41) is 10.9. The van der Waals surface area contributed by atoms with Crippen molar-refractivity contribution in [1.82, 2.24) is 0 Å². The van der Waals surface area contributed by atoms with Gasteiger partial charge in [0, 0.05) is 5.92 Å². The Morgan fingerprint density at radius 1 is 1.07 bits per heavy atom. The van der Waals surface area contributed by atoms with Crippen LogP contribution in [0.1, 0.15) is 31.1 Å². The fourth-order valence-corrected chi connectivity index (χ4v) is 3.50. The number of aliphatic hydroxyl groups is 1. The van der Waals surface area contributed by atoms with Gasteiger partial charge in [0.05, 0.1) is 25.4 Å². The molecule has 2 unspecified atom stereocenters. The zero-order chi connectivity index (χ0) is 19.3. The van der Waals surface area contributed by atoms with Crippen LogP contribution < -0.4 is 0 Å². The molecule has 2 aromatic rings. The molecular weight excluding hydrogens is 340 g/mol. The van der Waals surface area contributed by atoms with Crippen molar-refractivity contribution in [1.29, 1.82) is 0 Å². The van der Waals surface area contributed by atoms with Crippen LogP contribution in [0.25, 0.3) is 0 Å².